The van der Waals surface area contributed by atoms with Crippen molar-refractivity contribution in [3.8, 4) is 0 Å². The van der Waals surface area contributed by atoms with E-state index in [1.807, 2.05) is 0 Å². The quantitative estimate of drug-likeness (QED) is 0.466. The van der Waals surface area contributed by atoms with Crippen LogP contribution in [-0.2, 0) is 0 Å². The van der Waals surface area contributed by atoms with Crippen LogP contribution in [0.2, 0.25) is 0 Å². The van der Waals surface area contributed by atoms with E-state index in [0.29, 0.717) is 0 Å². The molecule has 4 aromatic rings. The van der Waals surface area contributed by atoms with Gasteiger partial charge in [0.15, 0.2) is 0 Å². The maximum atomic E-state index is 2.32. The van der Waals surface area contributed by atoms with Crippen LogP contribution in [0.15, 0.2) is 115 Å². The molecule has 0 unspecified atom stereocenters. The fraction of sp³-hybridized carbons (Fsp3) is 0.0400. The van der Waals surface area contributed by atoms with Crippen LogP contribution in [0.3, 0.4) is 0 Å². The average molecular weight is 389 g/mol. The number of rotatable bonds is 4. The topological polar surface area (TPSA) is 0 Å². The highest BCUT2D eigenvalue weighted by atomic mass is 35.5. The van der Waals surface area contributed by atoms with E-state index in [4.69, 9.17) is 0 Å². The van der Waals surface area contributed by atoms with Gasteiger partial charge in [-0.05, 0) is 55.5 Å². The Labute approximate surface area is 168 Å². The third-order valence-electron chi connectivity index (χ3n) is 4.85. The van der Waals surface area contributed by atoms with Crippen molar-refractivity contribution in [2.24, 2.45) is 0 Å². The zero-order valence-electron chi connectivity index (χ0n) is 15.3. The molecule has 0 radical (unpaired) electrons. The first-order chi connectivity index (χ1) is 12.8. The molecule has 0 N–H and O–H groups in total. The summed E-state index contributed by atoms with van der Waals surface area (Å²) in [7, 11) is -1.93. The Hall–Kier alpha value is -2.40. The van der Waals surface area contributed by atoms with Gasteiger partial charge in [0, 0.05) is 0 Å². The molecule has 2 heteroatoms. The molecule has 0 amide bonds. The van der Waals surface area contributed by atoms with Crippen molar-refractivity contribution in [2.45, 2.75) is 6.92 Å². The molecule has 0 bridgehead atoms. The second-order valence-electron chi connectivity index (χ2n) is 6.51. The molecule has 0 fully saturated rings. The predicted octanol–water partition coefficient (Wildman–Crippen LogP) is 1.62. The third kappa shape index (κ3) is 3.56. The van der Waals surface area contributed by atoms with Gasteiger partial charge in [-0.25, -0.2) is 0 Å². The van der Waals surface area contributed by atoms with Crippen LogP contribution in [0.5, 0.6) is 0 Å². The lowest BCUT2D eigenvalue weighted by atomic mass is 10.2. The molecule has 0 heterocycles. The summed E-state index contributed by atoms with van der Waals surface area (Å²) in [5.41, 5.74) is 1.29. The summed E-state index contributed by atoms with van der Waals surface area (Å²) in [6, 6.07) is 42.1. The fourth-order valence-electron chi connectivity index (χ4n) is 3.62. The van der Waals surface area contributed by atoms with Gasteiger partial charge in [0.05, 0.1) is 0 Å². The van der Waals surface area contributed by atoms with Gasteiger partial charge in [0.25, 0.3) is 0 Å². The van der Waals surface area contributed by atoms with E-state index >= 15 is 0 Å². The lowest BCUT2D eigenvalue weighted by Crippen LogP contribution is -3.00. The summed E-state index contributed by atoms with van der Waals surface area (Å²) in [5.74, 6) is 0. The summed E-state index contributed by atoms with van der Waals surface area (Å²) in [5, 5.41) is 5.57. The first-order valence-corrected chi connectivity index (χ1v) is 10.7. The first kappa shape index (κ1) is 19.4. The molecule has 27 heavy (non-hydrogen) atoms. The minimum absolute atomic E-state index is 0. The first-order valence-electron chi connectivity index (χ1n) is 8.95. The molecule has 4 rings (SSSR count). The van der Waals surface area contributed by atoms with E-state index in [2.05, 4.69) is 122 Å². The SMILES string of the molecule is Cc1ccc([P+](c2ccccc2)(c2ccccc2)c2ccccc2)cc1.[Cl-]. The maximum absolute atomic E-state index is 2.32. The van der Waals surface area contributed by atoms with Crippen LogP contribution < -0.4 is 33.6 Å². The monoisotopic (exact) mass is 388 g/mol. The maximum Gasteiger partial charge on any atom is 0.144 e. The van der Waals surface area contributed by atoms with Gasteiger partial charge in [0.2, 0.25) is 0 Å². The minimum Gasteiger partial charge on any atom is -1.00 e. The van der Waals surface area contributed by atoms with Crippen LogP contribution in [-0.4, -0.2) is 0 Å². The highest BCUT2D eigenvalue weighted by molar-refractivity contribution is 8.01. The van der Waals surface area contributed by atoms with Crippen molar-refractivity contribution in [1.29, 1.82) is 0 Å². The van der Waals surface area contributed by atoms with E-state index in [1.165, 1.54) is 26.8 Å². The normalized spacial score (nSPS) is 10.9. The molecule has 0 aromatic heterocycles. The zero-order valence-corrected chi connectivity index (χ0v) is 16.9. The van der Waals surface area contributed by atoms with Crippen molar-refractivity contribution in [3.05, 3.63) is 121 Å². The van der Waals surface area contributed by atoms with E-state index in [0.717, 1.165) is 0 Å². The molecule has 0 saturated heterocycles. The molecule has 134 valence electrons. The van der Waals surface area contributed by atoms with Crippen LogP contribution in [0.25, 0.3) is 0 Å². The smallest absolute Gasteiger partial charge is 0.144 e. The van der Waals surface area contributed by atoms with E-state index < -0.39 is 7.26 Å². The van der Waals surface area contributed by atoms with Gasteiger partial charge in [-0.2, -0.15) is 0 Å². The van der Waals surface area contributed by atoms with Crippen molar-refractivity contribution in [2.75, 3.05) is 0 Å². The van der Waals surface area contributed by atoms with Gasteiger partial charge < -0.3 is 12.4 Å². The highest BCUT2D eigenvalue weighted by Gasteiger charge is 2.47. The highest BCUT2D eigenvalue weighted by Crippen LogP contribution is 2.54. The van der Waals surface area contributed by atoms with Gasteiger partial charge in [-0.1, -0.05) is 72.3 Å². The molecule has 0 aliphatic heterocycles. The Morgan fingerprint density at radius 2 is 0.704 bits per heavy atom. The summed E-state index contributed by atoms with van der Waals surface area (Å²) < 4.78 is 0. The van der Waals surface area contributed by atoms with Crippen LogP contribution in [0.4, 0.5) is 0 Å². The van der Waals surface area contributed by atoms with E-state index in [1.54, 1.807) is 0 Å². The Bertz CT molecular complexity index is 868. The standard InChI is InChI=1S/C25H22P.ClH/c1-21-17-19-25(20-18-21)26(22-11-5-2-6-12-22,23-13-7-3-8-14-23)24-15-9-4-10-16-24;/h2-20H,1H3;1H/q+1;/p-1. The average Bonchev–Trinajstić information content (AvgIpc) is 2.72. The number of hydrogen-bond acceptors (Lipinski definition) is 0. The van der Waals surface area contributed by atoms with Crippen molar-refractivity contribution in [3.63, 3.8) is 0 Å². The van der Waals surface area contributed by atoms with Crippen LogP contribution >= 0.6 is 7.26 Å². The van der Waals surface area contributed by atoms with Crippen LogP contribution in [0.1, 0.15) is 5.56 Å². The Kier molecular flexibility index (Phi) is 6.11. The predicted molar refractivity (Wildman–Crippen MR) is 116 cm³/mol. The van der Waals surface area contributed by atoms with Gasteiger partial charge in [-0.3, -0.25) is 0 Å². The van der Waals surface area contributed by atoms with Crippen LogP contribution in [0, 0.1) is 6.92 Å². The summed E-state index contributed by atoms with van der Waals surface area (Å²) in [4.78, 5) is 0. The largest absolute Gasteiger partial charge is 1.00 e. The lowest BCUT2D eigenvalue weighted by molar-refractivity contribution is -0.00000502. The summed E-state index contributed by atoms with van der Waals surface area (Å²) >= 11 is 0. The third-order valence-corrected chi connectivity index (χ3v) is 9.14. The number of aryl methyl sites for hydroxylation is 1. The molecule has 0 aliphatic rings. The molecule has 0 aliphatic carbocycles. The van der Waals surface area contributed by atoms with Crippen molar-refractivity contribution >= 4 is 28.5 Å². The number of benzene rings is 4. The summed E-state index contributed by atoms with van der Waals surface area (Å²) in [6.45, 7) is 2.15. The van der Waals surface area contributed by atoms with Gasteiger partial charge in [0.1, 0.15) is 28.5 Å². The second kappa shape index (κ2) is 8.53. The molecule has 0 spiro atoms. The van der Waals surface area contributed by atoms with E-state index in [-0.39, 0.29) is 12.4 Å². The second-order valence-corrected chi connectivity index (χ2v) is 9.92. The molecule has 0 saturated carbocycles. The molecule has 4 aromatic carbocycles. The Morgan fingerprint density at radius 1 is 0.407 bits per heavy atom. The fourth-order valence-corrected chi connectivity index (χ4v) is 7.86. The van der Waals surface area contributed by atoms with Gasteiger partial charge >= 0.3 is 0 Å². The summed E-state index contributed by atoms with van der Waals surface area (Å²) in [6.07, 6.45) is 0. The van der Waals surface area contributed by atoms with Crippen molar-refractivity contribution in [1.82, 2.24) is 0 Å². The number of halogens is 1. The van der Waals surface area contributed by atoms with E-state index in [9.17, 15) is 0 Å². The minimum atomic E-state index is -1.93. The molecule has 0 atom stereocenters. The van der Waals surface area contributed by atoms with Crippen molar-refractivity contribution < 1.29 is 12.4 Å². The Morgan fingerprint density at radius 3 is 1.04 bits per heavy atom. The molecular formula is C25H22ClP. The Balaban J connectivity index is 0.00000210. The molecule has 0 nitrogen and oxygen atoms in total. The zero-order chi connectivity index (χ0) is 17.8. The number of hydrogen-bond donors (Lipinski definition) is 0. The lowest BCUT2D eigenvalue weighted by Gasteiger charge is -2.27. The van der Waals surface area contributed by atoms with Gasteiger partial charge in [-0.15, -0.1) is 0 Å². The molecular weight excluding hydrogens is 367 g/mol.